The Balaban J connectivity index is 1.91. The van der Waals surface area contributed by atoms with E-state index in [2.05, 4.69) is 5.32 Å². The Kier molecular flexibility index (Phi) is 8.55. The molecule has 0 bridgehead atoms. The predicted molar refractivity (Wildman–Crippen MR) is 132 cm³/mol. The molecule has 1 N–H and O–H groups in total. The van der Waals surface area contributed by atoms with Crippen LogP contribution in [-0.4, -0.2) is 36.9 Å². The number of benzene rings is 2. The van der Waals surface area contributed by atoms with E-state index >= 15 is 0 Å². The molecule has 0 aromatic heterocycles. The molecule has 0 saturated heterocycles. The SMILES string of the molecule is COC(=O)C1(NC(=O)OC(C)(C)C)CC(COC(C)c2cc(C(F)(F)F)cc(C(F)(F)F)c2)(c2ccccc2)C1. The Morgan fingerprint density at radius 2 is 1.45 bits per heavy atom. The highest BCUT2D eigenvalue weighted by Crippen LogP contribution is 2.52. The van der Waals surface area contributed by atoms with E-state index in [4.69, 9.17) is 14.2 Å². The summed E-state index contributed by atoms with van der Waals surface area (Å²) in [7, 11) is 1.16. The Hall–Kier alpha value is -3.28. The van der Waals surface area contributed by atoms with E-state index in [1.54, 1.807) is 51.1 Å². The van der Waals surface area contributed by atoms with Crippen LogP contribution in [0.3, 0.4) is 0 Å². The van der Waals surface area contributed by atoms with Gasteiger partial charge in [0.15, 0.2) is 0 Å². The second kappa shape index (κ2) is 10.9. The van der Waals surface area contributed by atoms with Gasteiger partial charge in [0.05, 0.1) is 30.9 Å². The van der Waals surface area contributed by atoms with Crippen molar-refractivity contribution in [2.75, 3.05) is 13.7 Å². The highest BCUT2D eigenvalue weighted by molar-refractivity contribution is 5.88. The molecule has 12 heteroatoms. The minimum atomic E-state index is -5.00. The summed E-state index contributed by atoms with van der Waals surface area (Å²) in [5, 5.41) is 2.59. The van der Waals surface area contributed by atoms with Crippen molar-refractivity contribution >= 4 is 12.1 Å². The Labute approximate surface area is 228 Å². The van der Waals surface area contributed by atoms with Gasteiger partial charge in [0, 0.05) is 5.41 Å². The van der Waals surface area contributed by atoms with Crippen molar-refractivity contribution in [3.63, 3.8) is 0 Å². The summed E-state index contributed by atoms with van der Waals surface area (Å²) in [5.41, 5.74) is -5.75. The summed E-state index contributed by atoms with van der Waals surface area (Å²) >= 11 is 0. The molecule has 0 radical (unpaired) electrons. The number of hydrogen-bond acceptors (Lipinski definition) is 5. The summed E-state index contributed by atoms with van der Waals surface area (Å²) < 4.78 is 96.3. The van der Waals surface area contributed by atoms with Gasteiger partial charge < -0.3 is 19.5 Å². The number of alkyl carbamates (subject to hydrolysis) is 1. The molecule has 1 unspecified atom stereocenters. The van der Waals surface area contributed by atoms with Gasteiger partial charge in [-0.15, -0.1) is 0 Å². The van der Waals surface area contributed by atoms with E-state index in [0.717, 1.165) is 7.11 Å². The number of alkyl halides is 6. The number of halogens is 6. The van der Waals surface area contributed by atoms with E-state index in [1.807, 2.05) is 0 Å². The normalized spacial score (nSPS) is 22.2. The van der Waals surface area contributed by atoms with Crippen LogP contribution in [0, 0.1) is 0 Å². The van der Waals surface area contributed by atoms with Gasteiger partial charge in [-0.25, -0.2) is 9.59 Å². The van der Waals surface area contributed by atoms with Crippen molar-refractivity contribution < 1.29 is 50.1 Å². The number of carbonyl (C=O) groups is 2. The minimum absolute atomic E-state index is 0.0148. The highest BCUT2D eigenvalue weighted by Gasteiger charge is 2.62. The molecule has 40 heavy (non-hydrogen) atoms. The lowest BCUT2D eigenvalue weighted by Gasteiger charge is -2.54. The smallest absolute Gasteiger partial charge is 0.416 e. The van der Waals surface area contributed by atoms with Crippen molar-refractivity contribution in [1.82, 2.24) is 5.32 Å². The molecule has 1 saturated carbocycles. The molecule has 3 rings (SSSR count). The first kappa shape index (κ1) is 31.3. The van der Waals surface area contributed by atoms with Crippen LogP contribution in [-0.2, 0) is 36.8 Å². The molecular formula is C28H31F6NO5. The molecule has 1 atom stereocenters. The highest BCUT2D eigenvalue weighted by atomic mass is 19.4. The van der Waals surface area contributed by atoms with Gasteiger partial charge in [0.25, 0.3) is 0 Å². The molecule has 1 aliphatic rings. The number of hydrogen-bond donors (Lipinski definition) is 1. The number of carbonyl (C=O) groups excluding carboxylic acids is 2. The zero-order valence-electron chi connectivity index (χ0n) is 22.6. The molecule has 1 fully saturated rings. The van der Waals surface area contributed by atoms with Crippen LogP contribution in [0.5, 0.6) is 0 Å². The summed E-state index contributed by atoms with van der Waals surface area (Å²) in [6, 6.07) is 10.1. The van der Waals surface area contributed by atoms with Gasteiger partial charge in [0.2, 0.25) is 0 Å². The largest absolute Gasteiger partial charge is 0.467 e. The van der Waals surface area contributed by atoms with Gasteiger partial charge in [-0.1, -0.05) is 30.3 Å². The number of esters is 1. The van der Waals surface area contributed by atoms with E-state index in [9.17, 15) is 35.9 Å². The van der Waals surface area contributed by atoms with Crippen LogP contribution in [0.15, 0.2) is 48.5 Å². The van der Waals surface area contributed by atoms with Crippen LogP contribution < -0.4 is 5.32 Å². The maximum atomic E-state index is 13.4. The summed E-state index contributed by atoms with van der Waals surface area (Å²) in [4.78, 5) is 25.4. The lowest BCUT2D eigenvalue weighted by atomic mass is 9.54. The molecule has 2 aromatic rings. The zero-order chi connectivity index (χ0) is 30.1. The Morgan fingerprint density at radius 3 is 1.90 bits per heavy atom. The maximum absolute atomic E-state index is 13.4. The third-order valence-electron chi connectivity index (χ3n) is 6.67. The van der Waals surface area contributed by atoms with Crippen LogP contribution in [0.2, 0.25) is 0 Å². The lowest BCUT2D eigenvalue weighted by molar-refractivity contribution is -0.159. The quantitative estimate of drug-likeness (QED) is 0.285. The molecule has 1 aliphatic carbocycles. The first-order valence-corrected chi connectivity index (χ1v) is 12.4. The van der Waals surface area contributed by atoms with Crippen LogP contribution in [0.4, 0.5) is 31.1 Å². The number of methoxy groups -OCH3 is 1. The molecule has 2 aromatic carbocycles. The van der Waals surface area contributed by atoms with Crippen LogP contribution in [0.1, 0.15) is 68.9 Å². The van der Waals surface area contributed by atoms with Gasteiger partial charge in [-0.05, 0) is 69.9 Å². The number of amides is 1. The van der Waals surface area contributed by atoms with Gasteiger partial charge >= 0.3 is 24.4 Å². The van der Waals surface area contributed by atoms with Crippen LogP contribution >= 0.6 is 0 Å². The van der Waals surface area contributed by atoms with Gasteiger partial charge in [0.1, 0.15) is 11.1 Å². The number of nitrogens with one attached hydrogen (secondary N) is 1. The second-order valence-corrected chi connectivity index (χ2v) is 11.0. The average Bonchev–Trinajstić information content (AvgIpc) is 2.82. The van der Waals surface area contributed by atoms with Crippen molar-refractivity contribution in [3.8, 4) is 0 Å². The fourth-order valence-corrected chi connectivity index (χ4v) is 4.86. The fourth-order valence-electron chi connectivity index (χ4n) is 4.86. The maximum Gasteiger partial charge on any atom is 0.416 e. The number of rotatable bonds is 7. The predicted octanol–water partition coefficient (Wildman–Crippen LogP) is 6.97. The van der Waals surface area contributed by atoms with Gasteiger partial charge in [-0.2, -0.15) is 26.3 Å². The topological polar surface area (TPSA) is 73.9 Å². The van der Waals surface area contributed by atoms with E-state index in [1.165, 1.54) is 6.92 Å². The van der Waals surface area contributed by atoms with Crippen molar-refractivity contribution in [2.45, 2.75) is 75.5 Å². The molecular weight excluding hydrogens is 544 g/mol. The van der Waals surface area contributed by atoms with Crippen LogP contribution in [0.25, 0.3) is 0 Å². The number of ether oxygens (including phenoxy) is 3. The standard InChI is InChI=1S/C28H31F6NO5/c1-17(18-11-20(27(29,30)31)13-21(12-18)28(32,33)34)39-16-25(19-9-7-6-8-10-19)14-26(15-25,22(36)38-5)35-23(37)40-24(2,3)4/h6-13,17H,14-16H2,1-5H3,(H,35,37). The zero-order valence-corrected chi connectivity index (χ0v) is 22.6. The first-order valence-electron chi connectivity index (χ1n) is 12.4. The van der Waals surface area contributed by atoms with Crippen molar-refractivity contribution in [3.05, 3.63) is 70.8 Å². The fraction of sp³-hybridized carbons (Fsp3) is 0.500. The first-order chi connectivity index (χ1) is 18.3. The monoisotopic (exact) mass is 575 g/mol. The third kappa shape index (κ3) is 7.07. The third-order valence-corrected chi connectivity index (χ3v) is 6.67. The second-order valence-electron chi connectivity index (χ2n) is 11.0. The van der Waals surface area contributed by atoms with Gasteiger partial charge in [-0.3, -0.25) is 0 Å². The van der Waals surface area contributed by atoms with E-state index < -0.39 is 58.2 Å². The summed E-state index contributed by atoms with van der Waals surface area (Å²) in [6.07, 6.45) is -12.0. The molecule has 0 heterocycles. The van der Waals surface area contributed by atoms with E-state index in [0.29, 0.717) is 17.7 Å². The summed E-state index contributed by atoms with van der Waals surface area (Å²) in [5.74, 6) is -0.731. The average molecular weight is 576 g/mol. The lowest BCUT2D eigenvalue weighted by Crippen LogP contribution is -2.69. The van der Waals surface area contributed by atoms with Crippen molar-refractivity contribution in [2.24, 2.45) is 0 Å². The molecule has 1 amide bonds. The molecule has 0 spiro atoms. The molecule has 220 valence electrons. The van der Waals surface area contributed by atoms with Crippen molar-refractivity contribution in [1.29, 1.82) is 0 Å². The molecule has 0 aliphatic heterocycles. The summed E-state index contributed by atoms with van der Waals surface area (Å²) in [6.45, 7) is 6.13. The minimum Gasteiger partial charge on any atom is -0.467 e. The molecule has 6 nitrogen and oxygen atoms in total. The van der Waals surface area contributed by atoms with E-state index in [-0.39, 0.29) is 31.1 Å². The Bertz CT molecular complexity index is 1180. The Morgan fingerprint density at radius 1 is 0.925 bits per heavy atom.